The van der Waals surface area contributed by atoms with Crippen LogP contribution in [0.25, 0.3) is 0 Å². The minimum absolute atomic E-state index is 0. The SMILES string of the molecule is COC(=O)CC(C)C(C)(C)N.Cl. The van der Waals surface area contributed by atoms with Gasteiger partial charge in [-0.25, -0.2) is 0 Å². The van der Waals surface area contributed by atoms with Crippen LogP contribution in [0.3, 0.4) is 0 Å². The van der Waals surface area contributed by atoms with E-state index in [0.29, 0.717) is 6.42 Å². The number of methoxy groups -OCH3 is 1. The Morgan fingerprint density at radius 1 is 1.58 bits per heavy atom. The Labute approximate surface area is 80.1 Å². The summed E-state index contributed by atoms with van der Waals surface area (Å²) in [6.45, 7) is 5.75. The molecule has 0 aromatic carbocycles. The molecular weight excluding hydrogens is 178 g/mol. The van der Waals surface area contributed by atoms with Gasteiger partial charge in [0, 0.05) is 12.0 Å². The molecule has 0 saturated heterocycles. The lowest BCUT2D eigenvalue weighted by Crippen LogP contribution is -2.40. The zero-order chi connectivity index (χ0) is 9.07. The number of halogens is 1. The van der Waals surface area contributed by atoms with Crippen LogP contribution < -0.4 is 5.73 Å². The highest BCUT2D eigenvalue weighted by atomic mass is 35.5. The van der Waals surface area contributed by atoms with Gasteiger partial charge in [0.1, 0.15) is 0 Å². The van der Waals surface area contributed by atoms with Crippen LogP contribution in [-0.2, 0) is 9.53 Å². The first kappa shape index (κ1) is 14.3. The van der Waals surface area contributed by atoms with Gasteiger partial charge in [0.15, 0.2) is 0 Å². The van der Waals surface area contributed by atoms with E-state index in [1.165, 1.54) is 7.11 Å². The molecule has 0 saturated carbocycles. The smallest absolute Gasteiger partial charge is 0.305 e. The normalized spacial score (nSPS) is 13.1. The fraction of sp³-hybridized carbons (Fsp3) is 0.875. The molecule has 4 heteroatoms. The first-order valence-electron chi connectivity index (χ1n) is 3.73. The van der Waals surface area contributed by atoms with Crippen LogP contribution in [-0.4, -0.2) is 18.6 Å². The number of hydrogen-bond donors (Lipinski definition) is 1. The van der Waals surface area contributed by atoms with Gasteiger partial charge in [0.05, 0.1) is 7.11 Å². The average molecular weight is 196 g/mol. The van der Waals surface area contributed by atoms with Crippen LogP contribution in [0.4, 0.5) is 0 Å². The van der Waals surface area contributed by atoms with Crippen molar-refractivity contribution < 1.29 is 9.53 Å². The fourth-order valence-corrected chi connectivity index (χ4v) is 0.596. The van der Waals surface area contributed by atoms with Crippen molar-refractivity contribution in [2.24, 2.45) is 11.7 Å². The summed E-state index contributed by atoms with van der Waals surface area (Å²) < 4.78 is 4.52. The van der Waals surface area contributed by atoms with E-state index in [0.717, 1.165) is 0 Å². The minimum atomic E-state index is -0.311. The molecule has 1 unspecified atom stereocenters. The van der Waals surface area contributed by atoms with Gasteiger partial charge in [-0.15, -0.1) is 12.4 Å². The Morgan fingerprint density at radius 3 is 2.25 bits per heavy atom. The molecule has 0 bridgehead atoms. The van der Waals surface area contributed by atoms with Crippen LogP contribution in [0.15, 0.2) is 0 Å². The maximum atomic E-state index is 10.8. The summed E-state index contributed by atoms with van der Waals surface area (Å²) in [7, 11) is 1.39. The molecule has 0 aliphatic carbocycles. The van der Waals surface area contributed by atoms with Gasteiger partial charge in [0.2, 0.25) is 0 Å². The molecule has 0 fully saturated rings. The Hall–Kier alpha value is -0.280. The molecule has 0 rings (SSSR count). The van der Waals surface area contributed by atoms with Gasteiger partial charge < -0.3 is 10.5 Å². The topological polar surface area (TPSA) is 52.3 Å². The van der Waals surface area contributed by atoms with E-state index in [1.807, 2.05) is 20.8 Å². The number of carbonyl (C=O) groups excluding carboxylic acids is 1. The molecule has 0 heterocycles. The summed E-state index contributed by atoms with van der Waals surface area (Å²) >= 11 is 0. The van der Waals surface area contributed by atoms with Crippen LogP contribution >= 0.6 is 12.4 Å². The van der Waals surface area contributed by atoms with E-state index in [1.54, 1.807) is 0 Å². The molecular formula is C8H18ClNO2. The molecule has 12 heavy (non-hydrogen) atoms. The maximum Gasteiger partial charge on any atom is 0.305 e. The molecule has 0 aromatic rings. The lowest BCUT2D eigenvalue weighted by Gasteiger charge is -2.25. The molecule has 0 spiro atoms. The Kier molecular flexibility index (Phi) is 6.39. The molecule has 0 radical (unpaired) electrons. The van der Waals surface area contributed by atoms with Crippen molar-refractivity contribution in [3.63, 3.8) is 0 Å². The zero-order valence-electron chi connectivity index (χ0n) is 8.09. The lowest BCUT2D eigenvalue weighted by atomic mass is 9.88. The quantitative estimate of drug-likeness (QED) is 0.692. The number of carbonyl (C=O) groups is 1. The molecule has 0 aliphatic heterocycles. The van der Waals surface area contributed by atoms with Crippen LogP contribution in [0.1, 0.15) is 27.2 Å². The largest absolute Gasteiger partial charge is 0.469 e. The van der Waals surface area contributed by atoms with Crippen molar-refractivity contribution in [1.82, 2.24) is 0 Å². The molecule has 2 N–H and O–H groups in total. The standard InChI is InChI=1S/C8H17NO2.ClH/c1-6(8(2,3)9)5-7(10)11-4;/h6H,5,9H2,1-4H3;1H. The first-order chi connectivity index (χ1) is 4.88. The minimum Gasteiger partial charge on any atom is -0.469 e. The van der Waals surface area contributed by atoms with Gasteiger partial charge in [-0.3, -0.25) is 4.79 Å². The first-order valence-corrected chi connectivity index (χ1v) is 3.73. The van der Waals surface area contributed by atoms with Crippen molar-refractivity contribution in [3.05, 3.63) is 0 Å². The third-order valence-electron chi connectivity index (χ3n) is 1.97. The monoisotopic (exact) mass is 195 g/mol. The van der Waals surface area contributed by atoms with Crippen molar-refractivity contribution in [2.45, 2.75) is 32.7 Å². The summed E-state index contributed by atoms with van der Waals surface area (Å²) in [6.07, 6.45) is 0.389. The second kappa shape index (κ2) is 5.38. The number of hydrogen-bond acceptors (Lipinski definition) is 3. The van der Waals surface area contributed by atoms with Crippen molar-refractivity contribution >= 4 is 18.4 Å². The summed E-state index contributed by atoms with van der Waals surface area (Å²) in [5.74, 6) is -0.0500. The molecule has 74 valence electrons. The number of esters is 1. The Bertz CT molecular complexity index is 142. The summed E-state index contributed by atoms with van der Waals surface area (Å²) in [6, 6.07) is 0. The van der Waals surface area contributed by atoms with Crippen molar-refractivity contribution in [2.75, 3.05) is 7.11 Å². The van der Waals surface area contributed by atoms with Gasteiger partial charge in [-0.1, -0.05) is 6.92 Å². The van der Waals surface area contributed by atoms with Crippen molar-refractivity contribution in [3.8, 4) is 0 Å². The average Bonchev–Trinajstić information content (AvgIpc) is 1.85. The van der Waals surface area contributed by atoms with E-state index in [2.05, 4.69) is 4.74 Å². The van der Waals surface area contributed by atoms with E-state index in [-0.39, 0.29) is 29.8 Å². The van der Waals surface area contributed by atoms with Crippen LogP contribution in [0.2, 0.25) is 0 Å². The second-order valence-corrected chi connectivity index (χ2v) is 3.50. The van der Waals surface area contributed by atoms with E-state index < -0.39 is 0 Å². The van der Waals surface area contributed by atoms with Gasteiger partial charge in [-0.2, -0.15) is 0 Å². The maximum absolute atomic E-state index is 10.8. The van der Waals surface area contributed by atoms with E-state index in [4.69, 9.17) is 5.73 Å². The predicted octanol–water partition coefficient (Wildman–Crippen LogP) is 1.34. The van der Waals surface area contributed by atoms with Gasteiger partial charge in [0.25, 0.3) is 0 Å². The highest BCUT2D eigenvalue weighted by molar-refractivity contribution is 5.85. The molecule has 3 nitrogen and oxygen atoms in total. The van der Waals surface area contributed by atoms with Gasteiger partial charge >= 0.3 is 5.97 Å². The lowest BCUT2D eigenvalue weighted by molar-refractivity contribution is -0.142. The zero-order valence-corrected chi connectivity index (χ0v) is 8.90. The second-order valence-electron chi connectivity index (χ2n) is 3.50. The Morgan fingerprint density at radius 2 is 2.00 bits per heavy atom. The number of rotatable bonds is 3. The predicted molar refractivity (Wildman–Crippen MR) is 51.3 cm³/mol. The molecule has 1 atom stereocenters. The van der Waals surface area contributed by atoms with Crippen LogP contribution in [0.5, 0.6) is 0 Å². The van der Waals surface area contributed by atoms with E-state index >= 15 is 0 Å². The van der Waals surface area contributed by atoms with Gasteiger partial charge in [-0.05, 0) is 19.8 Å². The molecule has 0 aromatic heterocycles. The summed E-state index contributed by atoms with van der Waals surface area (Å²) in [4.78, 5) is 10.8. The highest BCUT2D eigenvalue weighted by Gasteiger charge is 2.23. The third-order valence-corrected chi connectivity index (χ3v) is 1.97. The fourth-order valence-electron chi connectivity index (χ4n) is 0.596. The molecule has 0 amide bonds. The third kappa shape index (κ3) is 5.38. The number of ether oxygens (including phenoxy) is 1. The summed E-state index contributed by atoms with van der Waals surface area (Å²) in [5, 5.41) is 0. The molecule has 0 aliphatic rings. The van der Waals surface area contributed by atoms with Crippen LogP contribution in [0, 0.1) is 5.92 Å². The summed E-state index contributed by atoms with van der Waals surface area (Å²) in [5.41, 5.74) is 5.46. The number of nitrogens with two attached hydrogens (primary N) is 1. The van der Waals surface area contributed by atoms with E-state index in [9.17, 15) is 4.79 Å². The Balaban J connectivity index is 0. The highest BCUT2D eigenvalue weighted by Crippen LogP contribution is 2.16. The van der Waals surface area contributed by atoms with Crippen molar-refractivity contribution in [1.29, 1.82) is 0 Å².